The second-order valence-corrected chi connectivity index (χ2v) is 10.0. The van der Waals surface area contributed by atoms with E-state index in [9.17, 15) is 4.79 Å². The lowest BCUT2D eigenvalue weighted by Gasteiger charge is -2.14. The molecule has 0 spiro atoms. The van der Waals surface area contributed by atoms with E-state index in [2.05, 4.69) is 26.2 Å². The van der Waals surface area contributed by atoms with Gasteiger partial charge in [-0.2, -0.15) is 0 Å². The number of benzene rings is 3. The summed E-state index contributed by atoms with van der Waals surface area (Å²) < 4.78 is 12.2. The Balaban J connectivity index is 1.54. The summed E-state index contributed by atoms with van der Waals surface area (Å²) >= 11 is 16.9. The molecule has 9 heteroatoms. The number of aliphatic imine (C=N–C) groups is 1. The number of nitrogens with zero attached hydrogens (tertiary/aromatic N) is 1. The second kappa shape index (κ2) is 10.9. The van der Waals surface area contributed by atoms with Crippen molar-refractivity contribution in [1.29, 1.82) is 0 Å². The number of carbonyl (C=O) groups is 1. The van der Waals surface area contributed by atoms with E-state index in [0.717, 1.165) is 16.7 Å². The van der Waals surface area contributed by atoms with Crippen LogP contribution in [0.25, 0.3) is 6.08 Å². The van der Waals surface area contributed by atoms with Gasteiger partial charge in [0, 0.05) is 10.0 Å². The van der Waals surface area contributed by atoms with Gasteiger partial charge in [0.25, 0.3) is 5.91 Å². The summed E-state index contributed by atoms with van der Waals surface area (Å²) in [6, 6.07) is 16.6. The first-order valence-electron chi connectivity index (χ1n) is 10.1. The van der Waals surface area contributed by atoms with Crippen LogP contribution in [0.3, 0.4) is 0 Å². The fourth-order valence-corrected chi connectivity index (χ4v) is 4.86. The molecule has 5 nitrogen and oxygen atoms in total. The van der Waals surface area contributed by atoms with Gasteiger partial charge in [-0.25, -0.2) is 4.99 Å². The Morgan fingerprint density at radius 3 is 2.65 bits per heavy atom. The van der Waals surface area contributed by atoms with Gasteiger partial charge in [0.15, 0.2) is 16.7 Å². The number of halogens is 3. The molecule has 1 heterocycles. The zero-order valence-corrected chi connectivity index (χ0v) is 22.1. The van der Waals surface area contributed by atoms with Crippen LogP contribution in [0.5, 0.6) is 11.5 Å². The maximum atomic E-state index is 12.5. The highest BCUT2D eigenvalue weighted by atomic mass is 79.9. The Kier molecular flexibility index (Phi) is 7.88. The number of carbonyl (C=O) groups excluding carboxylic acids is 1. The molecule has 0 atom stereocenters. The number of hydrogen-bond acceptors (Lipinski definition) is 5. The molecular formula is C25H19BrCl2N2O3S. The Labute approximate surface area is 220 Å². The summed E-state index contributed by atoms with van der Waals surface area (Å²) in [4.78, 5) is 17.6. The predicted molar refractivity (Wildman–Crippen MR) is 143 cm³/mol. The fourth-order valence-electron chi connectivity index (χ4n) is 3.16. The third kappa shape index (κ3) is 5.78. The van der Waals surface area contributed by atoms with Crippen LogP contribution in [0.2, 0.25) is 10.0 Å². The number of thioether (sulfide) groups is 1. The van der Waals surface area contributed by atoms with Crippen LogP contribution in [-0.2, 0) is 11.4 Å². The van der Waals surface area contributed by atoms with Crippen molar-refractivity contribution >= 4 is 73.7 Å². The first-order chi connectivity index (χ1) is 16.3. The molecule has 34 heavy (non-hydrogen) atoms. The highest BCUT2D eigenvalue weighted by molar-refractivity contribution is 9.10. The first-order valence-corrected chi connectivity index (χ1v) is 12.5. The van der Waals surface area contributed by atoms with Crippen molar-refractivity contribution < 1.29 is 14.3 Å². The first kappa shape index (κ1) is 24.7. The molecule has 3 aromatic carbocycles. The predicted octanol–water partition coefficient (Wildman–Crippen LogP) is 7.54. The molecule has 0 unspecified atom stereocenters. The highest BCUT2D eigenvalue weighted by Crippen LogP contribution is 2.39. The number of ether oxygens (including phenoxy) is 2. The lowest BCUT2D eigenvalue weighted by molar-refractivity contribution is -0.115. The molecule has 0 aromatic heterocycles. The summed E-state index contributed by atoms with van der Waals surface area (Å²) in [6.07, 6.45) is 1.78. The Morgan fingerprint density at radius 1 is 1.15 bits per heavy atom. The minimum atomic E-state index is -0.221. The van der Waals surface area contributed by atoms with Gasteiger partial charge in [0.1, 0.15) is 6.61 Å². The normalized spacial score (nSPS) is 15.6. The molecule has 4 rings (SSSR count). The number of nitrogens with one attached hydrogen (secondary N) is 1. The molecule has 1 N–H and O–H groups in total. The Bertz CT molecular complexity index is 1310. The van der Waals surface area contributed by atoms with Crippen LogP contribution in [-0.4, -0.2) is 18.2 Å². The zero-order valence-electron chi connectivity index (χ0n) is 18.2. The summed E-state index contributed by atoms with van der Waals surface area (Å²) in [5.41, 5.74) is 3.32. The van der Waals surface area contributed by atoms with Crippen LogP contribution in [0.15, 0.2) is 69.0 Å². The summed E-state index contributed by atoms with van der Waals surface area (Å²) in [5, 5.41) is 4.60. The van der Waals surface area contributed by atoms with E-state index in [1.807, 2.05) is 55.5 Å². The van der Waals surface area contributed by atoms with Crippen molar-refractivity contribution in [3.8, 4) is 11.5 Å². The minimum Gasteiger partial charge on any atom is -0.493 e. The molecule has 3 aromatic rings. The molecule has 1 saturated heterocycles. The average Bonchev–Trinajstić information content (AvgIpc) is 3.15. The molecule has 0 saturated carbocycles. The summed E-state index contributed by atoms with van der Waals surface area (Å²) in [5.74, 6) is 0.894. The third-order valence-corrected chi connectivity index (χ3v) is 7.12. The number of hydrogen-bond donors (Lipinski definition) is 1. The standard InChI is InChI=1S/C25H19BrCl2N2O3S/c1-14-19(28)4-3-5-20(14)29-25-30-24(31)22(34-25)12-16-10-18(26)23(21(11-16)32-2)33-13-15-6-8-17(27)9-7-15/h3-12H,13H2,1-2H3,(H,29,30,31)/b22-12+. The van der Waals surface area contributed by atoms with Crippen LogP contribution < -0.4 is 14.8 Å². The van der Waals surface area contributed by atoms with Crippen molar-refractivity contribution in [2.24, 2.45) is 4.99 Å². The quantitative estimate of drug-likeness (QED) is 0.307. The van der Waals surface area contributed by atoms with Gasteiger partial charge in [-0.15, -0.1) is 0 Å². The Morgan fingerprint density at radius 2 is 1.91 bits per heavy atom. The average molecular weight is 578 g/mol. The lowest BCUT2D eigenvalue weighted by atomic mass is 10.2. The van der Waals surface area contributed by atoms with E-state index in [4.69, 9.17) is 32.7 Å². The maximum Gasteiger partial charge on any atom is 0.264 e. The van der Waals surface area contributed by atoms with Gasteiger partial charge in [0.2, 0.25) is 0 Å². The number of amides is 1. The van der Waals surface area contributed by atoms with Crippen LogP contribution in [0.1, 0.15) is 16.7 Å². The van der Waals surface area contributed by atoms with Crippen molar-refractivity contribution in [3.05, 3.63) is 90.7 Å². The van der Waals surface area contributed by atoms with Crippen molar-refractivity contribution in [2.75, 3.05) is 7.11 Å². The molecule has 0 bridgehead atoms. The van der Waals surface area contributed by atoms with Crippen molar-refractivity contribution in [1.82, 2.24) is 5.32 Å². The molecule has 1 amide bonds. The second-order valence-electron chi connectivity index (χ2n) is 7.31. The van der Waals surface area contributed by atoms with Gasteiger partial charge < -0.3 is 14.8 Å². The van der Waals surface area contributed by atoms with E-state index < -0.39 is 0 Å². The van der Waals surface area contributed by atoms with Gasteiger partial charge in [0.05, 0.1) is 22.2 Å². The van der Waals surface area contributed by atoms with E-state index >= 15 is 0 Å². The highest BCUT2D eigenvalue weighted by Gasteiger charge is 2.24. The third-order valence-electron chi connectivity index (χ3n) is 4.96. The van der Waals surface area contributed by atoms with Crippen LogP contribution in [0.4, 0.5) is 5.69 Å². The summed E-state index contributed by atoms with van der Waals surface area (Å²) in [6.45, 7) is 2.24. The largest absolute Gasteiger partial charge is 0.493 e. The number of methoxy groups -OCH3 is 1. The monoisotopic (exact) mass is 576 g/mol. The molecule has 1 aliphatic rings. The lowest BCUT2D eigenvalue weighted by Crippen LogP contribution is -2.19. The smallest absolute Gasteiger partial charge is 0.264 e. The van der Waals surface area contributed by atoms with Gasteiger partial charge in [-0.05, 0) is 93.8 Å². The molecule has 0 aliphatic carbocycles. The van der Waals surface area contributed by atoms with E-state index in [0.29, 0.717) is 48.4 Å². The summed E-state index contributed by atoms with van der Waals surface area (Å²) in [7, 11) is 1.57. The molecule has 1 aliphatic heterocycles. The number of rotatable bonds is 6. The molecule has 174 valence electrons. The zero-order chi connectivity index (χ0) is 24.2. The molecule has 1 fully saturated rings. The number of amidine groups is 1. The van der Waals surface area contributed by atoms with Crippen molar-refractivity contribution in [3.63, 3.8) is 0 Å². The van der Waals surface area contributed by atoms with E-state index in [1.54, 1.807) is 19.3 Å². The maximum absolute atomic E-state index is 12.5. The minimum absolute atomic E-state index is 0.221. The topological polar surface area (TPSA) is 59.9 Å². The fraction of sp³-hybridized carbons (Fsp3) is 0.120. The van der Waals surface area contributed by atoms with Crippen LogP contribution >= 0.6 is 50.9 Å². The Hall–Kier alpha value is -2.45. The van der Waals surface area contributed by atoms with Gasteiger partial charge in [-0.3, -0.25) is 4.79 Å². The van der Waals surface area contributed by atoms with E-state index in [-0.39, 0.29) is 5.91 Å². The molecule has 0 radical (unpaired) electrons. The van der Waals surface area contributed by atoms with Crippen LogP contribution in [0, 0.1) is 6.92 Å². The molecular weight excluding hydrogens is 559 g/mol. The SMILES string of the molecule is COc1cc(/C=C2/SC(=Nc3cccc(Cl)c3C)NC2=O)cc(Br)c1OCc1ccc(Cl)cc1. The van der Waals surface area contributed by atoms with Gasteiger partial charge >= 0.3 is 0 Å². The van der Waals surface area contributed by atoms with Gasteiger partial charge in [-0.1, -0.05) is 41.4 Å². The van der Waals surface area contributed by atoms with Crippen molar-refractivity contribution in [2.45, 2.75) is 13.5 Å². The van der Waals surface area contributed by atoms with E-state index in [1.165, 1.54) is 11.8 Å².